The molecule has 0 saturated carbocycles. The number of hydrogen-bond acceptors (Lipinski definition) is 3. The van der Waals surface area contributed by atoms with Gasteiger partial charge in [-0.1, -0.05) is 12.2 Å². The molecule has 1 fully saturated rings. The van der Waals surface area contributed by atoms with Crippen molar-refractivity contribution in [1.29, 1.82) is 0 Å². The molecule has 0 aromatic rings. The molecule has 1 atom stereocenters. The van der Waals surface area contributed by atoms with Gasteiger partial charge in [0.05, 0.1) is 15.8 Å². The van der Waals surface area contributed by atoms with Gasteiger partial charge >= 0.3 is 0 Å². The highest BCUT2D eigenvalue weighted by Crippen LogP contribution is 2.28. The lowest BCUT2D eigenvalue weighted by atomic mass is 10.2. The standard InChI is InChI=1S/C9H18N2O2S2/c1-9(2,3)15(12,13)11-6-4-5-7(11)8(10)14/h7H,4-6H2,1-3H3,(H2,10,14). The van der Waals surface area contributed by atoms with Crippen LogP contribution in [-0.2, 0) is 10.0 Å². The first-order valence-corrected chi connectivity index (χ1v) is 6.83. The van der Waals surface area contributed by atoms with Crippen molar-refractivity contribution in [2.45, 2.75) is 44.4 Å². The Hall–Kier alpha value is -0.200. The molecule has 1 saturated heterocycles. The van der Waals surface area contributed by atoms with E-state index in [1.54, 1.807) is 20.8 Å². The van der Waals surface area contributed by atoms with Crippen LogP contribution in [0.5, 0.6) is 0 Å². The van der Waals surface area contributed by atoms with Crippen LogP contribution in [0.2, 0.25) is 0 Å². The molecule has 88 valence electrons. The molecule has 0 aromatic heterocycles. The summed E-state index contributed by atoms with van der Waals surface area (Å²) in [5.41, 5.74) is 5.55. The minimum absolute atomic E-state index is 0.278. The van der Waals surface area contributed by atoms with Crippen LogP contribution in [0.4, 0.5) is 0 Å². The zero-order chi connectivity index (χ0) is 11.9. The maximum atomic E-state index is 12.2. The lowest BCUT2D eigenvalue weighted by Gasteiger charge is -2.30. The van der Waals surface area contributed by atoms with Crippen LogP contribution < -0.4 is 5.73 Å². The third-order valence-corrected chi connectivity index (χ3v) is 5.49. The molecule has 0 spiro atoms. The molecule has 4 nitrogen and oxygen atoms in total. The Morgan fingerprint density at radius 2 is 2.00 bits per heavy atom. The molecule has 1 aliphatic heterocycles. The fourth-order valence-corrected chi connectivity index (χ4v) is 3.60. The highest BCUT2D eigenvalue weighted by Gasteiger charge is 2.42. The van der Waals surface area contributed by atoms with E-state index < -0.39 is 14.8 Å². The molecule has 0 aliphatic carbocycles. The van der Waals surface area contributed by atoms with Crippen molar-refractivity contribution < 1.29 is 8.42 Å². The SMILES string of the molecule is CC(C)(C)S(=O)(=O)N1CCCC1C(N)=S. The minimum atomic E-state index is -3.30. The Morgan fingerprint density at radius 3 is 2.40 bits per heavy atom. The van der Waals surface area contributed by atoms with E-state index in [0.717, 1.165) is 12.8 Å². The summed E-state index contributed by atoms with van der Waals surface area (Å²) < 4.78 is 25.0. The topological polar surface area (TPSA) is 63.4 Å². The Kier molecular flexibility index (Phi) is 3.42. The fraction of sp³-hybridized carbons (Fsp3) is 0.889. The van der Waals surface area contributed by atoms with Gasteiger partial charge < -0.3 is 5.73 Å². The molecule has 1 aliphatic rings. The summed E-state index contributed by atoms with van der Waals surface area (Å²) in [6.45, 7) is 5.60. The van der Waals surface area contributed by atoms with Crippen LogP contribution >= 0.6 is 12.2 Å². The number of hydrogen-bond donors (Lipinski definition) is 1. The van der Waals surface area contributed by atoms with E-state index in [2.05, 4.69) is 0 Å². The van der Waals surface area contributed by atoms with Gasteiger partial charge in [0.25, 0.3) is 0 Å². The lowest BCUT2D eigenvalue weighted by Crippen LogP contribution is -2.49. The van der Waals surface area contributed by atoms with Gasteiger partial charge in [-0.2, -0.15) is 4.31 Å². The van der Waals surface area contributed by atoms with Gasteiger partial charge in [0.2, 0.25) is 10.0 Å². The Bertz CT molecular complexity index is 357. The van der Waals surface area contributed by atoms with E-state index >= 15 is 0 Å². The number of rotatable bonds is 2. The summed E-state index contributed by atoms with van der Waals surface area (Å²) in [5.74, 6) is 0. The summed E-state index contributed by atoms with van der Waals surface area (Å²) in [4.78, 5) is 0.278. The summed E-state index contributed by atoms with van der Waals surface area (Å²) >= 11 is 4.90. The Morgan fingerprint density at radius 1 is 1.47 bits per heavy atom. The van der Waals surface area contributed by atoms with Gasteiger partial charge in [0, 0.05) is 6.54 Å². The summed E-state index contributed by atoms with van der Waals surface area (Å²) in [7, 11) is -3.30. The molecule has 0 radical (unpaired) electrons. The maximum absolute atomic E-state index is 12.2. The number of nitrogens with two attached hydrogens (primary N) is 1. The Balaban J connectivity index is 3.03. The molecule has 0 amide bonds. The summed E-state index contributed by atoms with van der Waals surface area (Å²) in [5, 5.41) is 0. The van der Waals surface area contributed by atoms with E-state index in [0.29, 0.717) is 6.54 Å². The van der Waals surface area contributed by atoms with Crippen molar-refractivity contribution in [2.75, 3.05) is 6.54 Å². The number of sulfonamides is 1. The van der Waals surface area contributed by atoms with Crippen LogP contribution in [0.25, 0.3) is 0 Å². The highest BCUT2D eigenvalue weighted by molar-refractivity contribution is 7.90. The van der Waals surface area contributed by atoms with E-state index in [1.807, 2.05) is 0 Å². The van der Waals surface area contributed by atoms with Crippen molar-refractivity contribution in [3.05, 3.63) is 0 Å². The van der Waals surface area contributed by atoms with Crippen molar-refractivity contribution in [3.8, 4) is 0 Å². The molecule has 0 bridgehead atoms. The molecule has 1 unspecified atom stereocenters. The van der Waals surface area contributed by atoms with Gasteiger partial charge in [0.15, 0.2) is 0 Å². The van der Waals surface area contributed by atoms with Gasteiger partial charge in [-0.15, -0.1) is 0 Å². The Labute approximate surface area is 96.9 Å². The predicted molar refractivity (Wildman–Crippen MR) is 65.2 cm³/mol. The maximum Gasteiger partial charge on any atom is 0.219 e. The molecule has 1 rings (SSSR count). The predicted octanol–water partition coefficient (Wildman–Crippen LogP) is 0.865. The minimum Gasteiger partial charge on any atom is -0.392 e. The second-order valence-corrected chi connectivity index (χ2v) is 7.90. The van der Waals surface area contributed by atoms with Crippen molar-refractivity contribution in [2.24, 2.45) is 5.73 Å². The molecular formula is C9H18N2O2S2. The second kappa shape index (κ2) is 3.99. The average Bonchev–Trinajstić information content (AvgIpc) is 2.48. The van der Waals surface area contributed by atoms with Crippen LogP contribution in [0.1, 0.15) is 33.6 Å². The largest absolute Gasteiger partial charge is 0.392 e. The van der Waals surface area contributed by atoms with Crippen molar-refractivity contribution >= 4 is 27.2 Å². The zero-order valence-corrected chi connectivity index (χ0v) is 11.0. The average molecular weight is 250 g/mol. The van der Waals surface area contributed by atoms with Crippen LogP contribution in [0, 0.1) is 0 Å². The molecule has 15 heavy (non-hydrogen) atoms. The van der Waals surface area contributed by atoms with Gasteiger partial charge in [0.1, 0.15) is 0 Å². The van der Waals surface area contributed by atoms with E-state index in [1.165, 1.54) is 4.31 Å². The number of nitrogens with zero attached hydrogens (tertiary/aromatic N) is 1. The van der Waals surface area contributed by atoms with Crippen molar-refractivity contribution in [1.82, 2.24) is 4.31 Å². The first kappa shape index (κ1) is 12.9. The normalized spacial score (nSPS) is 24.3. The van der Waals surface area contributed by atoms with E-state index in [4.69, 9.17) is 18.0 Å². The molecule has 2 N–H and O–H groups in total. The first-order valence-electron chi connectivity index (χ1n) is 4.98. The third kappa shape index (κ3) is 2.32. The quantitative estimate of drug-likeness (QED) is 0.739. The van der Waals surface area contributed by atoms with Crippen LogP contribution in [-0.4, -0.2) is 35.0 Å². The molecule has 6 heteroatoms. The lowest BCUT2D eigenvalue weighted by molar-refractivity contribution is 0.424. The first-order chi connectivity index (χ1) is 6.68. The number of thiocarbonyl (C=S) groups is 1. The fourth-order valence-electron chi connectivity index (χ4n) is 1.66. The molecule has 1 heterocycles. The molecule has 0 aromatic carbocycles. The van der Waals surface area contributed by atoms with E-state index in [9.17, 15) is 8.42 Å². The van der Waals surface area contributed by atoms with Gasteiger partial charge in [-0.3, -0.25) is 0 Å². The highest BCUT2D eigenvalue weighted by atomic mass is 32.2. The van der Waals surface area contributed by atoms with Crippen molar-refractivity contribution in [3.63, 3.8) is 0 Å². The second-order valence-electron chi connectivity index (χ2n) is 4.79. The van der Waals surface area contributed by atoms with Crippen LogP contribution in [0.15, 0.2) is 0 Å². The van der Waals surface area contributed by atoms with Gasteiger partial charge in [-0.05, 0) is 33.6 Å². The zero-order valence-electron chi connectivity index (χ0n) is 9.36. The summed E-state index contributed by atoms with van der Waals surface area (Å²) in [6.07, 6.45) is 1.57. The van der Waals surface area contributed by atoms with E-state index in [-0.39, 0.29) is 11.0 Å². The molecular weight excluding hydrogens is 232 g/mol. The third-order valence-electron chi connectivity index (χ3n) is 2.61. The monoisotopic (exact) mass is 250 g/mol. The smallest absolute Gasteiger partial charge is 0.219 e. The van der Waals surface area contributed by atoms with Gasteiger partial charge in [-0.25, -0.2) is 8.42 Å². The van der Waals surface area contributed by atoms with Crippen LogP contribution in [0.3, 0.4) is 0 Å². The summed E-state index contributed by atoms with van der Waals surface area (Å²) in [6, 6.07) is -0.288.